The van der Waals surface area contributed by atoms with Gasteiger partial charge in [0.05, 0.1) is 24.5 Å². The number of aryl methyl sites for hydroxylation is 2. The van der Waals surface area contributed by atoms with Crippen molar-refractivity contribution < 1.29 is 23.8 Å². The van der Waals surface area contributed by atoms with Crippen molar-refractivity contribution in [2.24, 2.45) is 0 Å². The van der Waals surface area contributed by atoms with Crippen LogP contribution < -0.4 is 4.74 Å². The number of ketones is 1. The standard InChI is InChI=1S/C29H31NO5/c1-17-9-10-18(2)19(14-17)16-30-25(23-8-7-13-35-23)24(27(32)28(30)33)26(31)21-15-20(29(3,4)5)11-12-22(21)34-6/h7-15,25,31H,16H2,1-6H3/b26-24+. The van der Waals surface area contributed by atoms with Crippen molar-refractivity contribution in [3.05, 3.63) is 93.9 Å². The van der Waals surface area contributed by atoms with Crippen LogP contribution in [0.2, 0.25) is 0 Å². The maximum absolute atomic E-state index is 13.4. The van der Waals surface area contributed by atoms with Gasteiger partial charge in [-0.2, -0.15) is 0 Å². The highest BCUT2D eigenvalue weighted by Gasteiger charge is 2.47. The Bertz CT molecular complexity index is 1310. The second kappa shape index (κ2) is 9.10. The second-order valence-electron chi connectivity index (χ2n) is 10.0. The van der Waals surface area contributed by atoms with Crippen LogP contribution in [0, 0.1) is 13.8 Å². The van der Waals surface area contributed by atoms with Crippen LogP contribution in [-0.4, -0.2) is 28.8 Å². The van der Waals surface area contributed by atoms with E-state index in [9.17, 15) is 14.7 Å². The molecule has 1 unspecified atom stereocenters. The first-order valence-corrected chi connectivity index (χ1v) is 11.6. The third-order valence-electron chi connectivity index (χ3n) is 6.52. The Kier molecular flexibility index (Phi) is 6.32. The van der Waals surface area contributed by atoms with Crippen LogP contribution in [-0.2, 0) is 21.5 Å². The molecule has 0 saturated carbocycles. The lowest BCUT2D eigenvalue weighted by molar-refractivity contribution is -0.140. The Hall–Kier alpha value is -3.80. The van der Waals surface area contributed by atoms with Crippen molar-refractivity contribution in [1.29, 1.82) is 0 Å². The topological polar surface area (TPSA) is 80.0 Å². The molecule has 1 fully saturated rings. The molecule has 0 radical (unpaired) electrons. The van der Waals surface area contributed by atoms with E-state index in [1.807, 2.05) is 44.2 Å². The van der Waals surface area contributed by atoms with E-state index >= 15 is 0 Å². The van der Waals surface area contributed by atoms with Gasteiger partial charge in [-0.3, -0.25) is 9.59 Å². The van der Waals surface area contributed by atoms with Crippen LogP contribution in [0.25, 0.3) is 5.76 Å². The fourth-order valence-electron chi connectivity index (χ4n) is 4.44. The predicted molar refractivity (Wildman–Crippen MR) is 134 cm³/mol. The monoisotopic (exact) mass is 473 g/mol. The molecule has 1 amide bonds. The molecule has 0 spiro atoms. The van der Waals surface area contributed by atoms with Gasteiger partial charge in [0.25, 0.3) is 11.7 Å². The summed E-state index contributed by atoms with van der Waals surface area (Å²) in [7, 11) is 1.51. The van der Waals surface area contributed by atoms with E-state index in [0.29, 0.717) is 17.1 Å². The van der Waals surface area contributed by atoms with Gasteiger partial charge >= 0.3 is 0 Å². The summed E-state index contributed by atoms with van der Waals surface area (Å²) >= 11 is 0. The second-order valence-corrected chi connectivity index (χ2v) is 10.0. The van der Waals surface area contributed by atoms with Gasteiger partial charge in [0, 0.05) is 6.54 Å². The molecule has 0 bridgehead atoms. The van der Waals surface area contributed by atoms with Crippen molar-refractivity contribution in [2.45, 2.75) is 52.6 Å². The molecule has 1 saturated heterocycles. The zero-order valence-corrected chi connectivity index (χ0v) is 21.0. The Balaban J connectivity index is 1.90. The van der Waals surface area contributed by atoms with Gasteiger partial charge in [-0.25, -0.2) is 0 Å². The number of amides is 1. The molecule has 35 heavy (non-hydrogen) atoms. The lowest BCUT2D eigenvalue weighted by atomic mass is 9.85. The third kappa shape index (κ3) is 4.48. The molecule has 6 heteroatoms. The first kappa shape index (κ1) is 24.3. The van der Waals surface area contributed by atoms with Gasteiger partial charge in [0.1, 0.15) is 23.3 Å². The Morgan fingerprint density at radius 2 is 1.83 bits per heavy atom. The Morgan fingerprint density at radius 1 is 1.09 bits per heavy atom. The summed E-state index contributed by atoms with van der Waals surface area (Å²) < 4.78 is 11.2. The van der Waals surface area contributed by atoms with Gasteiger partial charge in [0.15, 0.2) is 0 Å². The maximum Gasteiger partial charge on any atom is 0.296 e. The van der Waals surface area contributed by atoms with Crippen LogP contribution in [0.1, 0.15) is 60.4 Å². The summed E-state index contributed by atoms with van der Waals surface area (Å²) in [6, 6.07) is 14.1. The number of hydrogen-bond donors (Lipinski definition) is 1. The molecule has 6 nitrogen and oxygen atoms in total. The van der Waals surface area contributed by atoms with Crippen LogP contribution >= 0.6 is 0 Å². The average Bonchev–Trinajstić information content (AvgIpc) is 3.42. The van der Waals surface area contributed by atoms with Crippen LogP contribution in [0.4, 0.5) is 0 Å². The van der Waals surface area contributed by atoms with E-state index in [1.165, 1.54) is 18.3 Å². The number of furan rings is 1. The van der Waals surface area contributed by atoms with Crippen LogP contribution in [0.5, 0.6) is 5.75 Å². The molecule has 2 aromatic carbocycles. The largest absolute Gasteiger partial charge is 0.507 e. The highest BCUT2D eigenvalue weighted by Crippen LogP contribution is 2.42. The van der Waals surface area contributed by atoms with E-state index in [2.05, 4.69) is 20.8 Å². The number of hydrogen-bond acceptors (Lipinski definition) is 5. The quantitative estimate of drug-likeness (QED) is 0.287. The first-order valence-electron chi connectivity index (χ1n) is 11.6. The number of carbonyl (C=O) groups excluding carboxylic acids is 2. The van der Waals surface area contributed by atoms with E-state index in [-0.39, 0.29) is 23.3 Å². The predicted octanol–water partition coefficient (Wildman–Crippen LogP) is 5.82. The average molecular weight is 474 g/mol. The SMILES string of the molecule is COc1ccc(C(C)(C)C)cc1/C(O)=C1\C(=O)C(=O)N(Cc2cc(C)ccc2C)C1c1ccco1. The first-order chi connectivity index (χ1) is 16.5. The number of methoxy groups -OCH3 is 1. The summed E-state index contributed by atoms with van der Waals surface area (Å²) in [6.07, 6.45) is 1.49. The minimum absolute atomic E-state index is 0.0142. The molecular formula is C29H31NO5. The molecule has 1 aromatic heterocycles. The summed E-state index contributed by atoms with van der Waals surface area (Å²) in [5.74, 6) is -0.898. The Labute approximate surface area is 205 Å². The van der Waals surface area contributed by atoms with E-state index in [0.717, 1.165) is 22.3 Å². The van der Waals surface area contributed by atoms with Crippen molar-refractivity contribution in [1.82, 2.24) is 4.90 Å². The fourth-order valence-corrected chi connectivity index (χ4v) is 4.44. The molecule has 2 heterocycles. The molecule has 0 aliphatic carbocycles. The van der Waals surface area contributed by atoms with Crippen molar-refractivity contribution in [3.63, 3.8) is 0 Å². The zero-order chi connectivity index (χ0) is 25.5. The molecule has 1 aliphatic heterocycles. The van der Waals surface area contributed by atoms with Crippen LogP contribution in [0.15, 0.2) is 64.8 Å². The number of benzene rings is 2. The van der Waals surface area contributed by atoms with Gasteiger partial charge < -0.3 is 19.2 Å². The molecule has 1 aliphatic rings. The zero-order valence-electron chi connectivity index (χ0n) is 21.0. The number of ether oxygens (including phenoxy) is 1. The van der Waals surface area contributed by atoms with Crippen LogP contribution in [0.3, 0.4) is 0 Å². The molecular weight excluding hydrogens is 442 g/mol. The number of Topliss-reactive ketones (excluding diaryl/α,β-unsaturated/α-hetero) is 1. The smallest absolute Gasteiger partial charge is 0.296 e. The van der Waals surface area contributed by atoms with Crippen molar-refractivity contribution >= 4 is 17.4 Å². The van der Waals surface area contributed by atoms with Gasteiger partial charge in [0.2, 0.25) is 0 Å². The number of nitrogens with zero attached hydrogens (tertiary/aromatic N) is 1. The summed E-state index contributed by atoms with van der Waals surface area (Å²) in [4.78, 5) is 28.1. The number of aliphatic hydroxyl groups excluding tert-OH is 1. The van der Waals surface area contributed by atoms with Crippen molar-refractivity contribution in [2.75, 3.05) is 7.11 Å². The lowest BCUT2D eigenvalue weighted by Gasteiger charge is -2.25. The molecule has 1 atom stereocenters. The molecule has 4 rings (SSSR count). The number of likely N-dealkylation sites (tertiary alicyclic amines) is 1. The molecule has 3 aromatic rings. The van der Waals surface area contributed by atoms with E-state index in [4.69, 9.17) is 9.15 Å². The number of carbonyl (C=O) groups is 2. The summed E-state index contributed by atoms with van der Waals surface area (Å²) in [5.41, 5.74) is 4.10. The molecule has 182 valence electrons. The third-order valence-corrected chi connectivity index (χ3v) is 6.52. The Morgan fingerprint density at radius 3 is 2.46 bits per heavy atom. The normalized spacial score (nSPS) is 17.8. The van der Waals surface area contributed by atoms with Gasteiger partial charge in [-0.15, -0.1) is 0 Å². The number of rotatable bonds is 5. The van der Waals surface area contributed by atoms with E-state index in [1.54, 1.807) is 18.2 Å². The number of aliphatic hydroxyl groups is 1. The van der Waals surface area contributed by atoms with Gasteiger partial charge in [-0.05, 0) is 60.2 Å². The minimum atomic E-state index is -0.868. The summed E-state index contributed by atoms with van der Waals surface area (Å²) in [5, 5.41) is 11.5. The van der Waals surface area contributed by atoms with Gasteiger partial charge in [-0.1, -0.05) is 50.6 Å². The highest BCUT2D eigenvalue weighted by atomic mass is 16.5. The maximum atomic E-state index is 13.4. The lowest BCUT2D eigenvalue weighted by Crippen LogP contribution is -2.29. The van der Waals surface area contributed by atoms with E-state index < -0.39 is 17.7 Å². The summed E-state index contributed by atoms with van der Waals surface area (Å²) in [6.45, 7) is 10.3. The fraction of sp³-hybridized carbons (Fsp3) is 0.310. The van der Waals surface area contributed by atoms with Crippen molar-refractivity contribution in [3.8, 4) is 5.75 Å². The minimum Gasteiger partial charge on any atom is -0.507 e. The highest BCUT2D eigenvalue weighted by molar-refractivity contribution is 6.46. The molecule has 1 N–H and O–H groups in total.